The van der Waals surface area contributed by atoms with Gasteiger partial charge in [0.1, 0.15) is 5.82 Å². The average molecular weight is 281 g/mol. The zero-order valence-corrected chi connectivity index (χ0v) is 11.5. The van der Waals surface area contributed by atoms with E-state index in [4.69, 9.17) is 9.73 Å². The maximum Gasteiger partial charge on any atom is 0.206 e. The first kappa shape index (κ1) is 12.7. The molecule has 1 fully saturated rings. The van der Waals surface area contributed by atoms with Gasteiger partial charge < -0.3 is 10.1 Å². The van der Waals surface area contributed by atoms with Crippen molar-refractivity contribution in [2.75, 3.05) is 19.0 Å². The van der Waals surface area contributed by atoms with Crippen LogP contribution in [0.25, 0.3) is 0 Å². The van der Waals surface area contributed by atoms with Gasteiger partial charge in [-0.25, -0.2) is 9.38 Å². The molecule has 0 amide bonds. The summed E-state index contributed by atoms with van der Waals surface area (Å²) in [6.45, 7) is 0.640. The highest BCUT2D eigenvalue weighted by molar-refractivity contribution is 7.98. The SMILES string of the molecule is COCC1(N=C2NSc3cc(F)ccc3N2)CCC1. The van der Waals surface area contributed by atoms with Crippen LogP contribution in [0.5, 0.6) is 0 Å². The number of nitrogens with one attached hydrogen (secondary N) is 2. The van der Waals surface area contributed by atoms with Gasteiger partial charge >= 0.3 is 0 Å². The Hall–Kier alpha value is -1.27. The molecule has 4 nitrogen and oxygen atoms in total. The number of hydrogen-bond acceptors (Lipinski definition) is 3. The molecule has 1 saturated carbocycles. The Morgan fingerprint density at radius 1 is 1.47 bits per heavy atom. The van der Waals surface area contributed by atoms with Crippen LogP contribution < -0.4 is 10.0 Å². The van der Waals surface area contributed by atoms with E-state index in [9.17, 15) is 4.39 Å². The molecule has 0 saturated heterocycles. The van der Waals surface area contributed by atoms with Crippen molar-refractivity contribution in [1.29, 1.82) is 0 Å². The predicted octanol–water partition coefficient (Wildman–Crippen LogP) is 2.77. The first-order valence-electron chi connectivity index (χ1n) is 6.29. The number of halogens is 1. The van der Waals surface area contributed by atoms with Gasteiger partial charge in [-0.2, -0.15) is 0 Å². The lowest BCUT2D eigenvalue weighted by atomic mass is 9.78. The van der Waals surface area contributed by atoms with Gasteiger partial charge in [-0.15, -0.1) is 0 Å². The fourth-order valence-electron chi connectivity index (χ4n) is 2.37. The van der Waals surface area contributed by atoms with Crippen LogP contribution in [-0.4, -0.2) is 25.2 Å². The van der Waals surface area contributed by atoms with Crippen LogP contribution in [0.15, 0.2) is 28.1 Å². The Morgan fingerprint density at radius 2 is 2.32 bits per heavy atom. The molecule has 0 unspecified atom stereocenters. The minimum atomic E-state index is -0.231. The Kier molecular flexibility index (Phi) is 3.36. The van der Waals surface area contributed by atoms with Crippen LogP contribution in [0.1, 0.15) is 19.3 Å². The molecule has 1 heterocycles. The maximum atomic E-state index is 13.1. The number of benzene rings is 1. The van der Waals surface area contributed by atoms with Crippen LogP contribution >= 0.6 is 11.9 Å². The van der Waals surface area contributed by atoms with Crippen molar-refractivity contribution in [3.8, 4) is 0 Å². The van der Waals surface area contributed by atoms with Crippen LogP contribution in [-0.2, 0) is 4.74 Å². The van der Waals surface area contributed by atoms with Crippen LogP contribution in [0, 0.1) is 5.82 Å². The molecule has 0 spiro atoms. The molecule has 3 rings (SSSR count). The largest absolute Gasteiger partial charge is 0.382 e. The van der Waals surface area contributed by atoms with Crippen molar-refractivity contribution in [3.63, 3.8) is 0 Å². The van der Waals surface area contributed by atoms with E-state index in [1.54, 1.807) is 13.2 Å². The minimum absolute atomic E-state index is 0.0951. The zero-order valence-electron chi connectivity index (χ0n) is 10.7. The summed E-state index contributed by atoms with van der Waals surface area (Å²) < 4.78 is 21.5. The number of rotatable bonds is 3. The van der Waals surface area contributed by atoms with Crippen molar-refractivity contribution in [3.05, 3.63) is 24.0 Å². The molecule has 1 aromatic rings. The van der Waals surface area contributed by atoms with E-state index >= 15 is 0 Å². The third-order valence-corrected chi connectivity index (χ3v) is 4.35. The lowest BCUT2D eigenvalue weighted by molar-refractivity contribution is 0.0863. The summed E-state index contributed by atoms with van der Waals surface area (Å²) in [5.41, 5.74) is 0.790. The van der Waals surface area contributed by atoms with E-state index in [-0.39, 0.29) is 11.4 Å². The Balaban J connectivity index is 1.79. The Bertz CT molecular complexity index is 517. The molecule has 1 aliphatic heterocycles. The molecule has 1 aromatic carbocycles. The second-order valence-electron chi connectivity index (χ2n) is 4.94. The molecule has 2 N–H and O–H groups in total. The monoisotopic (exact) mass is 281 g/mol. The third-order valence-electron chi connectivity index (χ3n) is 3.50. The molecule has 102 valence electrons. The van der Waals surface area contributed by atoms with Gasteiger partial charge in [0.05, 0.1) is 22.7 Å². The van der Waals surface area contributed by atoms with E-state index in [0.717, 1.165) is 29.4 Å². The van der Waals surface area contributed by atoms with E-state index in [2.05, 4.69) is 10.0 Å². The molecule has 2 aliphatic rings. The number of methoxy groups -OCH3 is 1. The van der Waals surface area contributed by atoms with Crippen LogP contribution in [0.4, 0.5) is 10.1 Å². The first-order valence-corrected chi connectivity index (χ1v) is 7.11. The smallest absolute Gasteiger partial charge is 0.206 e. The normalized spacial score (nSPS) is 22.1. The second-order valence-corrected chi connectivity index (χ2v) is 5.79. The van der Waals surface area contributed by atoms with Crippen LogP contribution in [0.3, 0.4) is 0 Å². The highest BCUT2D eigenvalue weighted by Gasteiger charge is 2.37. The van der Waals surface area contributed by atoms with Gasteiger partial charge in [0, 0.05) is 7.11 Å². The molecule has 6 heteroatoms. The molecule has 0 aromatic heterocycles. The summed E-state index contributed by atoms with van der Waals surface area (Å²) in [4.78, 5) is 5.58. The van der Waals surface area contributed by atoms with Gasteiger partial charge in [-0.1, -0.05) is 0 Å². The summed E-state index contributed by atoms with van der Waals surface area (Å²) in [5.74, 6) is 0.492. The molecule has 0 radical (unpaired) electrons. The molecule has 0 bridgehead atoms. The summed E-state index contributed by atoms with van der Waals surface area (Å²) in [6.07, 6.45) is 3.29. The first-order chi connectivity index (χ1) is 9.21. The fourth-order valence-corrected chi connectivity index (χ4v) is 3.07. The highest BCUT2D eigenvalue weighted by atomic mass is 32.2. The van der Waals surface area contributed by atoms with E-state index in [1.807, 2.05) is 0 Å². The van der Waals surface area contributed by atoms with E-state index < -0.39 is 0 Å². The Morgan fingerprint density at radius 3 is 3.00 bits per heavy atom. The summed E-state index contributed by atoms with van der Waals surface area (Å²) in [7, 11) is 1.70. The maximum absolute atomic E-state index is 13.1. The third kappa shape index (κ3) is 2.55. The number of ether oxygens (including phenoxy) is 1. The highest BCUT2D eigenvalue weighted by Crippen LogP contribution is 2.37. The van der Waals surface area contributed by atoms with Crippen molar-refractivity contribution >= 4 is 23.6 Å². The second kappa shape index (κ2) is 5.02. The summed E-state index contributed by atoms with van der Waals surface area (Å²) >= 11 is 1.38. The number of hydrogen-bond donors (Lipinski definition) is 2. The van der Waals surface area contributed by atoms with Crippen molar-refractivity contribution in [2.45, 2.75) is 29.7 Å². The molecular weight excluding hydrogens is 265 g/mol. The number of aliphatic imine (C=N–C) groups is 1. The predicted molar refractivity (Wildman–Crippen MR) is 74.9 cm³/mol. The fraction of sp³-hybridized carbons (Fsp3) is 0.462. The average Bonchev–Trinajstić information content (AvgIpc) is 2.36. The molecule has 0 atom stereocenters. The van der Waals surface area contributed by atoms with Gasteiger partial charge in [0.2, 0.25) is 5.96 Å². The topological polar surface area (TPSA) is 45.6 Å². The number of fused-ring (bicyclic) bond motifs is 1. The number of guanidine groups is 1. The number of nitrogens with zero attached hydrogens (tertiary/aromatic N) is 1. The zero-order chi connectivity index (χ0) is 13.3. The standard InChI is InChI=1S/C13H16FN3OS/c1-18-8-13(5-2-6-13)16-12-15-10-4-3-9(14)7-11(10)19-17-12/h3-4,7H,2,5-6,8H2,1H3,(H2,15,16,17). The van der Waals surface area contributed by atoms with Gasteiger partial charge in [-0.05, 0) is 49.4 Å². The van der Waals surface area contributed by atoms with E-state index in [0.29, 0.717) is 6.61 Å². The molecule has 19 heavy (non-hydrogen) atoms. The Labute approximate surface area is 116 Å². The summed E-state index contributed by atoms with van der Waals surface area (Å²) in [6, 6.07) is 4.69. The van der Waals surface area contributed by atoms with Gasteiger partial charge in [-0.3, -0.25) is 4.72 Å². The van der Waals surface area contributed by atoms with Crippen molar-refractivity contribution in [2.24, 2.45) is 4.99 Å². The van der Waals surface area contributed by atoms with Gasteiger partial charge in [0.25, 0.3) is 0 Å². The van der Waals surface area contributed by atoms with E-state index in [1.165, 1.54) is 30.5 Å². The lowest BCUT2D eigenvalue weighted by Gasteiger charge is -2.38. The summed E-state index contributed by atoms with van der Waals surface area (Å²) in [5, 5.41) is 3.20. The van der Waals surface area contributed by atoms with Gasteiger partial charge in [0.15, 0.2) is 0 Å². The van der Waals surface area contributed by atoms with Crippen molar-refractivity contribution in [1.82, 2.24) is 4.72 Å². The van der Waals surface area contributed by atoms with Crippen molar-refractivity contribution < 1.29 is 9.13 Å². The number of anilines is 1. The molecular formula is C13H16FN3OS. The lowest BCUT2D eigenvalue weighted by Crippen LogP contribution is -2.43. The minimum Gasteiger partial charge on any atom is -0.382 e. The van der Waals surface area contributed by atoms with Crippen LogP contribution in [0.2, 0.25) is 0 Å². The quantitative estimate of drug-likeness (QED) is 0.836. The molecule has 1 aliphatic carbocycles.